The first-order chi connectivity index (χ1) is 13.9. The molecular weight excluding hydrogens is 430 g/mol. The molecule has 0 atom stereocenters. The fourth-order valence-electron chi connectivity index (χ4n) is 2.98. The third kappa shape index (κ3) is 4.36. The standard InChI is InChI=1S/C19H20ClN5O2S2/c1-2-10-29(26,27)25-13-5-3-4-12(15(13)20)16-17(14-8-9-22-19(21)23-14)28-18(24-16)11-6-7-11/h3-5,8-9,11,25H,2,6-7,10H2,1H3,(H2,21,22,23). The van der Waals surface area contributed by atoms with Gasteiger partial charge >= 0.3 is 0 Å². The van der Waals surface area contributed by atoms with Gasteiger partial charge in [0.2, 0.25) is 16.0 Å². The number of nitrogens with two attached hydrogens (primary N) is 1. The largest absolute Gasteiger partial charge is 0.368 e. The number of rotatable bonds is 7. The topological polar surface area (TPSA) is 111 Å². The van der Waals surface area contributed by atoms with Crippen molar-refractivity contribution >= 4 is 44.6 Å². The molecule has 0 unspecified atom stereocenters. The first-order valence-electron chi connectivity index (χ1n) is 9.27. The van der Waals surface area contributed by atoms with Gasteiger partial charge < -0.3 is 5.73 Å². The molecule has 1 aromatic carbocycles. The molecule has 10 heteroatoms. The third-order valence-electron chi connectivity index (χ3n) is 4.47. The van der Waals surface area contributed by atoms with Crippen LogP contribution < -0.4 is 10.5 Å². The number of nitrogens with zero attached hydrogens (tertiary/aromatic N) is 3. The minimum atomic E-state index is -3.46. The van der Waals surface area contributed by atoms with Gasteiger partial charge in [0.25, 0.3) is 0 Å². The van der Waals surface area contributed by atoms with Gasteiger partial charge in [0.05, 0.1) is 37.7 Å². The fraction of sp³-hybridized carbons (Fsp3) is 0.316. The Kier molecular flexibility index (Phi) is 5.46. The number of aromatic nitrogens is 3. The van der Waals surface area contributed by atoms with Crippen LogP contribution in [0.4, 0.5) is 11.6 Å². The van der Waals surface area contributed by atoms with Crippen molar-refractivity contribution in [3.8, 4) is 21.8 Å². The summed E-state index contributed by atoms with van der Waals surface area (Å²) < 4.78 is 27.0. The average Bonchev–Trinajstić information content (AvgIpc) is 3.42. The molecule has 0 bridgehead atoms. The van der Waals surface area contributed by atoms with Crippen LogP contribution in [-0.2, 0) is 10.0 Å². The maximum atomic E-state index is 12.2. The molecule has 3 aromatic rings. The fourth-order valence-corrected chi connectivity index (χ4v) is 5.66. The number of hydrogen-bond acceptors (Lipinski definition) is 7. The maximum Gasteiger partial charge on any atom is 0.232 e. The van der Waals surface area contributed by atoms with E-state index in [9.17, 15) is 8.42 Å². The summed E-state index contributed by atoms with van der Waals surface area (Å²) in [5.41, 5.74) is 8.11. The lowest BCUT2D eigenvalue weighted by molar-refractivity contribution is 0.600. The number of hydrogen-bond donors (Lipinski definition) is 2. The predicted octanol–water partition coefficient (Wildman–Crippen LogP) is 4.53. The first kappa shape index (κ1) is 20.1. The van der Waals surface area contributed by atoms with E-state index < -0.39 is 10.0 Å². The van der Waals surface area contributed by atoms with E-state index >= 15 is 0 Å². The average molecular weight is 450 g/mol. The van der Waals surface area contributed by atoms with E-state index in [1.165, 1.54) is 0 Å². The Morgan fingerprint density at radius 3 is 2.76 bits per heavy atom. The maximum absolute atomic E-state index is 12.2. The highest BCUT2D eigenvalue weighted by atomic mass is 35.5. The zero-order valence-electron chi connectivity index (χ0n) is 15.7. The van der Waals surface area contributed by atoms with Crippen molar-refractivity contribution in [1.82, 2.24) is 15.0 Å². The van der Waals surface area contributed by atoms with Crippen molar-refractivity contribution in [3.63, 3.8) is 0 Å². The van der Waals surface area contributed by atoms with Crippen molar-refractivity contribution in [1.29, 1.82) is 0 Å². The van der Waals surface area contributed by atoms with Crippen LogP contribution in [0.3, 0.4) is 0 Å². The highest BCUT2D eigenvalue weighted by Gasteiger charge is 2.30. The molecule has 2 aromatic heterocycles. The number of thiazole rings is 1. The van der Waals surface area contributed by atoms with Crippen LogP contribution in [-0.4, -0.2) is 29.1 Å². The van der Waals surface area contributed by atoms with Gasteiger partial charge in [0, 0.05) is 17.7 Å². The molecule has 2 heterocycles. The lowest BCUT2D eigenvalue weighted by Crippen LogP contribution is -2.16. The summed E-state index contributed by atoms with van der Waals surface area (Å²) in [6.07, 6.45) is 4.35. The summed E-state index contributed by atoms with van der Waals surface area (Å²) in [5, 5.41) is 1.34. The van der Waals surface area contributed by atoms with Gasteiger partial charge in [-0.05, 0) is 31.4 Å². The number of benzene rings is 1. The SMILES string of the molecule is CCCS(=O)(=O)Nc1cccc(-c2nc(C3CC3)sc2-c2ccnc(N)n2)c1Cl. The van der Waals surface area contributed by atoms with E-state index in [4.69, 9.17) is 22.3 Å². The molecule has 0 amide bonds. The molecule has 4 rings (SSSR count). The van der Waals surface area contributed by atoms with Gasteiger partial charge in [-0.1, -0.05) is 30.7 Å². The van der Waals surface area contributed by atoms with Crippen LogP contribution in [0.2, 0.25) is 5.02 Å². The number of anilines is 2. The smallest absolute Gasteiger partial charge is 0.232 e. The summed E-state index contributed by atoms with van der Waals surface area (Å²) in [6, 6.07) is 7.03. The number of nitrogens with one attached hydrogen (secondary N) is 1. The van der Waals surface area contributed by atoms with Crippen molar-refractivity contribution in [2.75, 3.05) is 16.2 Å². The Hall–Kier alpha value is -2.23. The summed E-state index contributed by atoms with van der Waals surface area (Å²) in [4.78, 5) is 14.0. The highest BCUT2D eigenvalue weighted by Crippen LogP contribution is 2.48. The predicted molar refractivity (Wildman–Crippen MR) is 118 cm³/mol. The second-order valence-corrected chi connectivity index (χ2v) is 10.1. The van der Waals surface area contributed by atoms with Crippen molar-refractivity contribution in [3.05, 3.63) is 40.5 Å². The van der Waals surface area contributed by atoms with E-state index in [0.29, 0.717) is 40.0 Å². The van der Waals surface area contributed by atoms with Gasteiger partial charge in [-0.3, -0.25) is 4.72 Å². The van der Waals surface area contributed by atoms with Gasteiger partial charge in [-0.2, -0.15) is 0 Å². The molecular formula is C19H20ClN5O2S2. The Morgan fingerprint density at radius 1 is 1.28 bits per heavy atom. The van der Waals surface area contributed by atoms with Crippen LogP contribution >= 0.6 is 22.9 Å². The van der Waals surface area contributed by atoms with Crippen LogP contribution in [0.25, 0.3) is 21.8 Å². The molecule has 1 fully saturated rings. The Morgan fingerprint density at radius 2 is 2.07 bits per heavy atom. The minimum absolute atomic E-state index is 0.0293. The molecule has 152 valence electrons. The molecule has 1 aliphatic rings. The molecule has 1 aliphatic carbocycles. The summed E-state index contributed by atoms with van der Waals surface area (Å²) in [7, 11) is -3.46. The molecule has 29 heavy (non-hydrogen) atoms. The number of sulfonamides is 1. The summed E-state index contributed by atoms with van der Waals surface area (Å²) in [5.74, 6) is 0.667. The molecule has 0 aliphatic heterocycles. The molecule has 0 spiro atoms. The Balaban J connectivity index is 1.81. The first-order valence-corrected chi connectivity index (χ1v) is 12.1. The number of halogens is 1. The molecule has 0 radical (unpaired) electrons. The third-order valence-corrected chi connectivity index (χ3v) is 7.59. The second-order valence-electron chi connectivity index (χ2n) is 6.89. The zero-order chi connectivity index (χ0) is 20.6. The Labute approximate surface area is 178 Å². The van der Waals surface area contributed by atoms with Crippen molar-refractivity contribution in [2.24, 2.45) is 0 Å². The van der Waals surface area contributed by atoms with Crippen molar-refractivity contribution in [2.45, 2.75) is 32.1 Å². The number of nitrogen functional groups attached to an aromatic ring is 1. The van der Waals surface area contributed by atoms with Crippen LogP contribution in [0, 0.1) is 0 Å². The van der Waals surface area contributed by atoms with Gasteiger partial charge in [0.15, 0.2) is 0 Å². The van der Waals surface area contributed by atoms with Crippen molar-refractivity contribution < 1.29 is 8.42 Å². The van der Waals surface area contributed by atoms with Gasteiger partial charge in [0.1, 0.15) is 0 Å². The monoisotopic (exact) mass is 449 g/mol. The van der Waals surface area contributed by atoms with E-state index in [1.54, 1.807) is 35.7 Å². The summed E-state index contributed by atoms with van der Waals surface area (Å²) >= 11 is 8.19. The van der Waals surface area contributed by atoms with E-state index in [-0.39, 0.29) is 11.7 Å². The Bertz CT molecular complexity index is 1160. The van der Waals surface area contributed by atoms with Crippen LogP contribution in [0.15, 0.2) is 30.5 Å². The van der Waals surface area contributed by atoms with E-state index in [2.05, 4.69) is 14.7 Å². The summed E-state index contributed by atoms with van der Waals surface area (Å²) in [6.45, 7) is 1.81. The van der Waals surface area contributed by atoms with Gasteiger partial charge in [-0.25, -0.2) is 23.4 Å². The lowest BCUT2D eigenvalue weighted by Gasteiger charge is -2.12. The molecule has 1 saturated carbocycles. The molecule has 7 nitrogen and oxygen atoms in total. The normalized spacial score (nSPS) is 14.1. The highest BCUT2D eigenvalue weighted by molar-refractivity contribution is 7.92. The molecule has 0 saturated heterocycles. The van der Waals surface area contributed by atoms with Gasteiger partial charge in [-0.15, -0.1) is 11.3 Å². The second kappa shape index (κ2) is 7.89. The molecule has 3 N–H and O–H groups in total. The lowest BCUT2D eigenvalue weighted by atomic mass is 10.1. The quantitative estimate of drug-likeness (QED) is 0.548. The minimum Gasteiger partial charge on any atom is -0.368 e. The van der Waals surface area contributed by atoms with E-state index in [1.807, 2.05) is 13.0 Å². The van der Waals surface area contributed by atoms with Crippen LogP contribution in [0.1, 0.15) is 37.1 Å². The van der Waals surface area contributed by atoms with E-state index in [0.717, 1.165) is 22.7 Å². The zero-order valence-corrected chi connectivity index (χ0v) is 18.1. The van der Waals surface area contributed by atoms with Crippen LogP contribution in [0.5, 0.6) is 0 Å².